The van der Waals surface area contributed by atoms with Crippen molar-refractivity contribution in [1.82, 2.24) is 29.4 Å². The van der Waals surface area contributed by atoms with Crippen molar-refractivity contribution in [2.45, 2.75) is 38.7 Å². The Balaban J connectivity index is 1.66. The van der Waals surface area contributed by atoms with E-state index < -0.39 is 18.8 Å². The van der Waals surface area contributed by atoms with E-state index in [1.165, 1.54) is 0 Å². The van der Waals surface area contributed by atoms with Crippen LogP contribution < -0.4 is 0 Å². The fraction of sp³-hybridized carbons (Fsp3) is 0.600. The second-order valence-electron chi connectivity index (χ2n) is 6.12. The Morgan fingerprint density at radius 1 is 1.38 bits per heavy atom. The molecule has 1 fully saturated rings. The second-order valence-corrected chi connectivity index (χ2v) is 6.12. The molecule has 8 nitrogen and oxygen atoms in total. The molecule has 3 heterocycles. The van der Waals surface area contributed by atoms with Crippen molar-refractivity contribution in [2.24, 2.45) is 0 Å². The van der Waals surface area contributed by atoms with Gasteiger partial charge in [0.1, 0.15) is 18.9 Å². The van der Waals surface area contributed by atoms with E-state index in [1.807, 2.05) is 13.1 Å². The van der Waals surface area contributed by atoms with E-state index in [0.717, 1.165) is 16.6 Å². The highest BCUT2D eigenvalue weighted by molar-refractivity contribution is 5.76. The lowest BCUT2D eigenvalue weighted by Crippen LogP contribution is -2.44. The fourth-order valence-corrected chi connectivity index (χ4v) is 2.78. The van der Waals surface area contributed by atoms with Gasteiger partial charge in [0.2, 0.25) is 5.91 Å². The molecule has 0 N–H and O–H groups in total. The number of aryl methyl sites for hydroxylation is 2. The molecule has 1 aliphatic heterocycles. The van der Waals surface area contributed by atoms with Gasteiger partial charge in [-0.2, -0.15) is 23.4 Å². The number of hydrogen-bond donors (Lipinski definition) is 0. The molecule has 3 rings (SSSR count). The first-order chi connectivity index (χ1) is 12.3. The van der Waals surface area contributed by atoms with Crippen molar-refractivity contribution in [3.05, 3.63) is 30.1 Å². The normalized spacial score (nSPS) is 18.3. The number of carbonyl (C=O) groups excluding carboxylic acids is 1. The molecule has 0 aromatic carbocycles. The molecule has 0 aliphatic carbocycles. The maximum absolute atomic E-state index is 12.6. The molecule has 11 heteroatoms. The smallest absolute Gasteiger partial charge is 0.377 e. The third-order valence-corrected chi connectivity index (χ3v) is 3.96. The molecule has 0 radical (unpaired) electrons. The lowest BCUT2D eigenvalue weighted by Gasteiger charge is -2.34. The van der Waals surface area contributed by atoms with Gasteiger partial charge in [-0.15, -0.1) is 0 Å². The topological polar surface area (TPSA) is 78.1 Å². The Hall–Kier alpha value is -2.43. The number of nitrogens with zero attached hydrogens (tertiary/aromatic N) is 6. The van der Waals surface area contributed by atoms with E-state index in [0.29, 0.717) is 19.7 Å². The minimum Gasteiger partial charge on any atom is -0.377 e. The van der Waals surface area contributed by atoms with Crippen LogP contribution in [0.15, 0.2) is 18.7 Å². The van der Waals surface area contributed by atoms with E-state index in [1.54, 1.807) is 15.8 Å². The molecule has 0 bridgehead atoms. The van der Waals surface area contributed by atoms with E-state index >= 15 is 0 Å². The van der Waals surface area contributed by atoms with Crippen LogP contribution in [0.1, 0.15) is 23.9 Å². The maximum Gasteiger partial charge on any atom is 0.408 e. The van der Waals surface area contributed by atoms with Gasteiger partial charge in [-0.05, 0) is 12.5 Å². The molecule has 0 saturated carbocycles. The number of alkyl halides is 3. The number of halogens is 3. The quantitative estimate of drug-likeness (QED) is 0.791. The Kier molecular flexibility index (Phi) is 5.25. The lowest BCUT2D eigenvalue weighted by atomic mass is 10.2. The lowest BCUT2D eigenvalue weighted by molar-refractivity contribution is -0.144. The summed E-state index contributed by atoms with van der Waals surface area (Å²) in [4.78, 5) is 18.1. The van der Waals surface area contributed by atoms with Crippen molar-refractivity contribution in [3.8, 4) is 0 Å². The predicted octanol–water partition coefficient (Wildman–Crippen LogP) is 1.34. The van der Waals surface area contributed by atoms with Crippen LogP contribution in [0.25, 0.3) is 0 Å². The van der Waals surface area contributed by atoms with Crippen LogP contribution >= 0.6 is 0 Å². The molecule has 26 heavy (non-hydrogen) atoms. The average Bonchev–Trinajstić information content (AvgIpc) is 3.20. The minimum absolute atomic E-state index is 0.140. The zero-order valence-corrected chi connectivity index (χ0v) is 14.2. The molecule has 1 unspecified atom stereocenters. The first-order valence-electron chi connectivity index (χ1n) is 8.14. The number of morpholine rings is 1. The third-order valence-electron chi connectivity index (χ3n) is 3.96. The summed E-state index contributed by atoms with van der Waals surface area (Å²) < 4.78 is 45.2. The summed E-state index contributed by atoms with van der Waals surface area (Å²) in [5.41, 5.74) is 1.00. The highest BCUT2D eigenvalue weighted by atomic mass is 19.4. The average molecular weight is 372 g/mol. The highest BCUT2D eigenvalue weighted by Gasteiger charge is 2.33. The van der Waals surface area contributed by atoms with E-state index in [4.69, 9.17) is 4.74 Å². The molecule has 2 aromatic rings. The molecule has 1 aliphatic rings. The Bertz CT molecular complexity index is 757. The summed E-state index contributed by atoms with van der Waals surface area (Å²) in [5.74, 6) is 0.0101. The van der Waals surface area contributed by atoms with Crippen LogP contribution in [0.4, 0.5) is 13.2 Å². The van der Waals surface area contributed by atoms with Gasteiger partial charge in [0.15, 0.2) is 5.82 Å². The Morgan fingerprint density at radius 3 is 2.88 bits per heavy atom. The van der Waals surface area contributed by atoms with Crippen LogP contribution in [-0.2, 0) is 22.6 Å². The van der Waals surface area contributed by atoms with Gasteiger partial charge in [-0.1, -0.05) is 0 Å². The Labute approximate surface area is 147 Å². The van der Waals surface area contributed by atoms with Crippen LogP contribution in [0.3, 0.4) is 0 Å². The fourth-order valence-electron chi connectivity index (χ4n) is 2.78. The maximum atomic E-state index is 12.6. The van der Waals surface area contributed by atoms with Crippen molar-refractivity contribution >= 4 is 5.91 Å². The van der Waals surface area contributed by atoms with Gasteiger partial charge < -0.3 is 9.64 Å². The van der Waals surface area contributed by atoms with Gasteiger partial charge in [0.25, 0.3) is 0 Å². The van der Waals surface area contributed by atoms with Crippen LogP contribution in [0.2, 0.25) is 0 Å². The van der Waals surface area contributed by atoms with Gasteiger partial charge in [0.05, 0.1) is 19.4 Å². The summed E-state index contributed by atoms with van der Waals surface area (Å²) >= 11 is 0. The summed E-state index contributed by atoms with van der Waals surface area (Å²) in [6.07, 6.45) is 0.405. The van der Waals surface area contributed by atoms with E-state index in [9.17, 15) is 18.0 Å². The van der Waals surface area contributed by atoms with Crippen molar-refractivity contribution in [1.29, 1.82) is 0 Å². The SMILES string of the molecule is Cc1cnn(CCC(=O)N2CCOCC2c2ncn(CC(F)(F)F)n2)c1. The number of aromatic nitrogens is 5. The number of hydrogen-bond acceptors (Lipinski definition) is 5. The minimum atomic E-state index is -4.38. The number of ether oxygens (including phenoxy) is 1. The standard InChI is InChI=1S/C15H19F3N6O2/c1-11-6-20-22(7-11)3-2-13(25)24-4-5-26-8-12(24)14-19-10-23(21-14)9-15(16,17)18/h6-7,10,12H,2-5,8-9H2,1H3. The van der Waals surface area contributed by atoms with Crippen molar-refractivity contribution in [3.63, 3.8) is 0 Å². The van der Waals surface area contributed by atoms with Crippen molar-refractivity contribution < 1.29 is 22.7 Å². The Morgan fingerprint density at radius 2 is 2.19 bits per heavy atom. The molecular weight excluding hydrogens is 353 g/mol. The summed E-state index contributed by atoms with van der Waals surface area (Å²) in [6.45, 7) is 1.98. The second kappa shape index (κ2) is 7.44. The van der Waals surface area contributed by atoms with E-state index in [2.05, 4.69) is 15.2 Å². The van der Waals surface area contributed by atoms with Crippen LogP contribution in [0, 0.1) is 6.92 Å². The number of amides is 1. The van der Waals surface area contributed by atoms with Gasteiger partial charge in [-0.3, -0.25) is 9.48 Å². The molecule has 1 atom stereocenters. The molecule has 2 aromatic heterocycles. The summed E-state index contributed by atoms with van der Waals surface area (Å²) in [5, 5.41) is 8.00. The number of rotatable bonds is 5. The van der Waals surface area contributed by atoms with Crippen molar-refractivity contribution in [2.75, 3.05) is 19.8 Å². The summed E-state index contributed by atoms with van der Waals surface area (Å²) in [6, 6.07) is -0.593. The van der Waals surface area contributed by atoms with Gasteiger partial charge in [0, 0.05) is 25.7 Å². The van der Waals surface area contributed by atoms with E-state index in [-0.39, 0.29) is 24.8 Å². The third kappa shape index (κ3) is 4.59. The highest BCUT2D eigenvalue weighted by Crippen LogP contribution is 2.23. The molecule has 0 spiro atoms. The first kappa shape index (κ1) is 18.4. The molecule has 1 saturated heterocycles. The van der Waals surface area contributed by atoms with Crippen LogP contribution in [-0.4, -0.2) is 61.3 Å². The zero-order valence-electron chi connectivity index (χ0n) is 14.2. The summed E-state index contributed by atoms with van der Waals surface area (Å²) in [7, 11) is 0. The van der Waals surface area contributed by atoms with Crippen LogP contribution in [0.5, 0.6) is 0 Å². The van der Waals surface area contributed by atoms with Gasteiger partial charge >= 0.3 is 6.18 Å². The van der Waals surface area contributed by atoms with Gasteiger partial charge in [-0.25, -0.2) is 9.67 Å². The molecule has 1 amide bonds. The molecule has 142 valence electrons. The predicted molar refractivity (Wildman–Crippen MR) is 82.9 cm³/mol. The first-order valence-corrected chi connectivity index (χ1v) is 8.14. The largest absolute Gasteiger partial charge is 0.408 e. The monoisotopic (exact) mass is 372 g/mol. The zero-order chi connectivity index (χ0) is 18.7. The molecular formula is C15H19F3N6O2. The number of carbonyl (C=O) groups is 1.